The average Bonchev–Trinajstić information content (AvgIpc) is 2.61. The molecule has 0 aliphatic rings. The van der Waals surface area contributed by atoms with Crippen LogP contribution in [0.3, 0.4) is 0 Å². The molecule has 0 unspecified atom stereocenters. The minimum atomic E-state index is -3.54. The highest BCUT2D eigenvalue weighted by molar-refractivity contribution is 7.89. The van der Waals surface area contributed by atoms with Crippen LogP contribution < -0.4 is 10.5 Å². The number of hydrogen-bond donors (Lipinski definition) is 1. The van der Waals surface area contributed by atoms with Crippen LogP contribution >= 0.6 is 11.6 Å². The lowest BCUT2D eigenvalue weighted by atomic mass is 10.1. The minimum Gasteiger partial charge on any atom is -0.299 e. The fourth-order valence-electron chi connectivity index (χ4n) is 2.93. The van der Waals surface area contributed by atoms with Gasteiger partial charge in [0.15, 0.2) is 0 Å². The molecular formula is C20H34ClN2O2S. The summed E-state index contributed by atoms with van der Waals surface area (Å²) in [6.45, 7) is 2.69. The number of rotatable bonds is 15. The maximum absolute atomic E-state index is 12.2. The summed E-state index contributed by atoms with van der Waals surface area (Å²) in [5, 5.41) is 0.255. The van der Waals surface area contributed by atoms with Crippen molar-refractivity contribution in [2.24, 2.45) is 0 Å². The van der Waals surface area contributed by atoms with Gasteiger partial charge in [0.2, 0.25) is 10.0 Å². The van der Waals surface area contributed by atoms with E-state index in [1.54, 1.807) is 0 Å². The zero-order valence-electron chi connectivity index (χ0n) is 16.0. The van der Waals surface area contributed by atoms with Crippen molar-refractivity contribution >= 4 is 27.3 Å². The fourth-order valence-corrected chi connectivity index (χ4v) is 4.14. The van der Waals surface area contributed by atoms with Crippen LogP contribution in [0.15, 0.2) is 23.1 Å². The monoisotopic (exact) mass is 401 g/mol. The van der Waals surface area contributed by atoms with Gasteiger partial charge in [-0.3, -0.25) is 5.73 Å². The Labute approximate surface area is 164 Å². The maximum atomic E-state index is 12.2. The highest BCUT2D eigenvalue weighted by atomic mass is 35.5. The van der Waals surface area contributed by atoms with Crippen molar-refractivity contribution in [1.29, 1.82) is 0 Å². The molecule has 0 heterocycles. The molecule has 0 bridgehead atoms. The predicted molar refractivity (Wildman–Crippen MR) is 110 cm³/mol. The summed E-state index contributed by atoms with van der Waals surface area (Å²) in [6, 6.07) is 4.17. The van der Waals surface area contributed by atoms with Crippen LogP contribution in [0, 0.1) is 0 Å². The molecule has 0 atom stereocenters. The second-order valence-electron chi connectivity index (χ2n) is 6.93. The molecule has 0 aliphatic carbocycles. The van der Waals surface area contributed by atoms with Gasteiger partial charge in [-0.1, -0.05) is 89.2 Å². The van der Waals surface area contributed by atoms with E-state index >= 15 is 0 Å². The summed E-state index contributed by atoms with van der Waals surface area (Å²) in [6.07, 6.45) is 15.1. The lowest BCUT2D eigenvalue weighted by molar-refractivity contribution is 0.540. The normalized spacial score (nSPS) is 11.8. The van der Waals surface area contributed by atoms with Crippen molar-refractivity contribution in [3.8, 4) is 0 Å². The average molecular weight is 402 g/mol. The molecule has 0 fully saturated rings. The molecule has 0 aromatic heterocycles. The van der Waals surface area contributed by atoms with Crippen LogP contribution in [0.25, 0.3) is 0 Å². The van der Waals surface area contributed by atoms with E-state index in [4.69, 9.17) is 17.3 Å². The summed E-state index contributed by atoms with van der Waals surface area (Å²) in [5.41, 5.74) is 7.62. The second kappa shape index (κ2) is 13.4. The molecule has 1 aromatic carbocycles. The van der Waals surface area contributed by atoms with Gasteiger partial charge in [0.05, 0.1) is 15.6 Å². The van der Waals surface area contributed by atoms with Crippen LogP contribution in [0.4, 0.5) is 5.69 Å². The Morgan fingerprint density at radius 2 is 1.38 bits per heavy atom. The Morgan fingerprint density at radius 1 is 0.885 bits per heavy atom. The SMILES string of the molecule is CCCCCCCCCCCCCCNS(=O)(=O)c1ccc(Cl)c([NH])c1. The molecule has 1 rings (SSSR count). The van der Waals surface area contributed by atoms with Gasteiger partial charge in [0, 0.05) is 6.54 Å². The first-order valence-corrected chi connectivity index (χ1v) is 11.8. The molecule has 0 aliphatic heterocycles. The first-order chi connectivity index (χ1) is 12.5. The maximum Gasteiger partial charge on any atom is 0.240 e. The standard InChI is InChI=1S/C20H34ClN2O2S/c1-2-3-4-5-6-7-8-9-10-11-12-13-16-23-26(24,25)18-14-15-19(21)20(22)17-18/h14-15,17,22-23H,2-13,16H2,1H3. The molecular weight excluding hydrogens is 368 g/mol. The molecule has 0 amide bonds. The van der Waals surface area contributed by atoms with E-state index in [9.17, 15) is 8.42 Å². The Morgan fingerprint density at radius 3 is 1.88 bits per heavy atom. The summed E-state index contributed by atoms with van der Waals surface area (Å²) < 4.78 is 26.9. The van der Waals surface area contributed by atoms with Gasteiger partial charge >= 0.3 is 0 Å². The second-order valence-corrected chi connectivity index (χ2v) is 9.10. The van der Waals surface area contributed by atoms with Gasteiger partial charge in [0.1, 0.15) is 0 Å². The van der Waals surface area contributed by atoms with E-state index in [0.29, 0.717) is 6.54 Å². The molecule has 2 N–H and O–H groups in total. The Hall–Kier alpha value is -0.780. The first kappa shape index (κ1) is 23.3. The highest BCUT2D eigenvalue weighted by Gasteiger charge is 2.14. The lowest BCUT2D eigenvalue weighted by Gasteiger charge is -2.08. The molecule has 1 radical (unpaired) electrons. The van der Waals surface area contributed by atoms with E-state index in [1.807, 2.05) is 0 Å². The van der Waals surface area contributed by atoms with Crippen molar-refractivity contribution in [3.05, 3.63) is 23.2 Å². The van der Waals surface area contributed by atoms with Crippen molar-refractivity contribution in [2.75, 3.05) is 6.54 Å². The zero-order valence-corrected chi connectivity index (χ0v) is 17.6. The summed E-state index contributed by atoms with van der Waals surface area (Å²) in [7, 11) is -3.54. The van der Waals surface area contributed by atoms with Crippen LogP contribution in [-0.4, -0.2) is 15.0 Å². The third-order valence-electron chi connectivity index (χ3n) is 4.57. The number of unbranched alkanes of at least 4 members (excludes halogenated alkanes) is 11. The third-order valence-corrected chi connectivity index (χ3v) is 6.36. The number of hydrogen-bond acceptors (Lipinski definition) is 2. The lowest BCUT2D eigenvalue weighted by Crippen LogP contribution is -2.24. The number of nitrogens with one attached hydrogen (secondary N) is 2. The summed E-state index contributed by atoms with van der Waals surface area (Å²) in [5.74, 6) is 0. The zero-order chi connectivity index (χ0) is 19.3. The van der Waals surface area contributed by atoms with Crippen LogP contribution in [-0.2, 0) is 10.0 Å². The van der Waals surface area contributed by atoms with Gasteiger partial charge in [0.25, 0.3) is 0 Å². The molecule has 26 heavy (non-hydrogen) atoms. The fraction of sp³-hybridized carbons (Fsp3) is 0.700. The topological polar surface area (TPSA) is 70.0 Å². The minimum absolute atomic E-state index is 0.0277. The molecule has 0 saturated carbocycles. The van der Waals surface area contributed by atoms with E-state index < -0.39 is 10.0 Å². The van der Waals surface area contributed by atoms with Crippen LogP contribution in [0.1, 0.15) is 84.0 Å². The number of benzene rings is 1. The van der Waals surface area contributed by atoms with Crippen molar-refractivity contribution < 1.29 is 8.42 Å². The largest absolute Gasteiger partial charge is 0.299 e. The highest BCUT2D eigenvalue weighted by Crippen LogP contribution is 2.23. The number of sulfonamides is 1. The van der Waals surface area contributed by atoms with E-state index in [2.05, 4.69) is 11.6 Å². The van der Waals surface area contributed by atoms with Crippen molar-refractivity contribution in [2.45, 2.75) is 88.9 Å². The van der Waals surface area contributed by atoms with Gasteiger partial charge in [-0.25, -0.2) is 13.1 Å². The van der Waals surface area contributed by atoms with Crippen LogP contribution in [0.5, 0.6) is 0 Å². The van der Waals surface area contributed by atoms with Crippen molar-refractivity contribution in [3.63, 3.8) is 0 Å². The van der Waals surface area contributed by atoms with Gasteiger partial charge < -0.3 is 0 Å². The van der Waals surface area contributed by atoms with E-state index in [0.717, 1.165) is 19.3 Å². The number of halogens is 1. The molecule has 0 spiro atoms. The smallest absolute Gasteiger partial charge is 0.240 e. The quantitative estimate of drug-likeness (QED) is 0.353. The molecule has 0 saturated heterocycles. The Bertz CT molecular complexity index is 606. The van der Waals surface area contributed by atoms with Crippen molar-refractivity contribution in [1.82, 2.24) is 10.5 Å². The van der Waals surface area contributed by atoms with E-state index in [1.165, 1.54) is 76.0 Å². The van der Waals surface area contributed by atoms with Gasteiger partial charge in [-0.05, 0) is 24.6 Å². The Balaban J connectivity index is 2.04. The Kier molecular flexibility index (Phi) is 12.0. The summed E-state index contributed by atoms with van der Waals surface area (Å²) >= 11 is 5.76. The van der Waals surface area contributed by atoms with Gasteiger partial charge in [-0.15, -0.1) is 0 Å². The molecule has 6 heteroatoms. The summed E-state index contributed by atoms with van der Waals surface area (Å²) in [4.78, 5) is 0.103. The molecule has 149 valence electrons. The predicted octanol–water partition coefficient (Wildman–Crippen LogP) is 6.23. The first-order valence-electron chi connectivity index (χ1n) is 9.98. The van der Waals surface area contributed by atoms with E-state index in [-0.39, 0.29) is 15.6 Å². The molecule has 4 nitrogen and oxygen atoms in total. The van der Waals surface area contributed by atoms with Crippen LogP contribution in [0.2, 0.25) is 5.02 Å². The third kappa shape index (κ3) is 9.79. The molecule has 1 aromatic rings. The van der Waals surface area contributed by atoms with Gasteiger partial charge in [-0.2, -0.15) is 0 Å².